The number of thioether (sulfide) groups is 1. The molecule has 2 amide bonds. The maximum Gasteiger partial charge on any atom is 0.339 e. The Labute approximate surface area is 175 Å². The quantitative estimate of drug-likeness (QED) is 0.450. The number of aromatic carboxylic acids is 1. The van der Waals surface area contributed by atoms with E-state index in [9.17, 15) is 19.5 Å². The zero-order chi connectivity index (χ0) is 21.0. The molecule has 1 aliphatic heterocycles. The van der Waals surface area contributed by atoms with Crippen LogP contribution < -0.4 is 5.32 Å². The van der Waals surface area contributed by atoms with Gasteiger partial charge in [-0.15, -0.1) is 0 Å². The predicted octanol–water partition coefficient (Wildman–Crippen LogP) is 3.30. The Kier molecular flexibility index (Phi) is 6.35. The summed E-state index contributed by atoms with van der Waals surface area (Å²) in [5.41, 5.74) is 0.0319. The van der Waals surface area contributed by atoms with Crippen molar-refractivity contribution in [2.75, 3.05) is 11.9 Å². The summed E-state index contributed by atoms with van der Waals surface area (Å²) >= 11 is 6.42. The normalized spacial score (nSPS) is 15.2. The smallest absolute Gasteiger partial charge is 0.339 e. The lowest BCUT2D eigenvalue weighted by Crippen LogP contribution is -2.29. The Hall–Kier alpha value is -3.11. The summed E-state index contributed by atoms with van der Waals surface area (Å²) in [5, 5.41) is 21.1. The van der Waals surface area contributed by atoms with Crippen LogP contribution in [-0.4, -0.2) is 43.8 Å². The zero-order valence-corrected chi connectivity index (χ0v) is 16.6. The highest BCUT2D eigenvalue weighted by Gasteiger charge is 2.31. The summed E-state index contributed by atoms with van der Waals surface area (Å²) < 4.78 is 5.62. The summed E-state index contributed by atoms with van der Waals surface area (Å²) in [6.07, 6.45) is 3.64. The molecule has 0 spiro atoms. The number of phenols is 1. The third-order valence-corrected chi connectivity index (χ3v) is 5.37. The average Bonchev–Trinajstić information content (AvgIpc) is 3.25. The van der Waals surface area contributed by atoms with E-state index in [2.05, 4.69) is 5.32 Å². The van der Waals surface area contributed by atoms with Gasteiger partial charge in [0.2, 0.25) is 5.91 Å². The van der Waals surface area contributed by atoms with Crippen molar-refractivity contribution >= 4 is 57.8 Å². The number of nitrogens with zero attached hydrogens (tertiary/aromatic N) is 1. The summed E-state index contributed by atoms with van der Waals surface area (Å²) in [6.45, 7) is 0.288. The molecule has 1 aromatic carbocycles. The molecular formula is C19H16N2O6S2. The number of hydrogen-bond donors (Lipinski definition) is 3. The predicted molar refractivity (Wildman–Crippen MR) is 112 cm³/mol. The topological polar surface area (TPSA) is 120 Å². The molecular weight excluding hydrogens is 416 g/mol. The fraction of sp³-hybridized carbons (Fsp3) is 0.158. The van der Waals surface area contributed by atoms with Crippen LogP contribution in [0.1, 0.15) is 29.0 Å². The number of carbonyl (C=O) groups is 3. The fourth-order valence-corrected chi connectivity index (χ4v) is 3.90. The molecule has 2 aromatic rings. The van der Waals surface area contributed by atoms with E-state index in [-0.39, 0.29) is 36.0 Å². The SMILES string of the molecule is O=C(CCCN1C(=O)C(=Cc2ccco2)SC1=S)Nc1ccc(C(=O)O)c(O)c1. The number of thiocarbonyl (C=S) groups is 1. The molecule has 1 saturated heterocycles. The number of anilines is 1. The number of nitrogens with one attached hydrogen (secondary N) is 1. The number of furan rings is 1. The van der Waals surface area contributed by atoms with E-state index in [1.165, 1.54) is 41.1 Å². The molecule has 29 heavy (non-hydrogen) atoms. The molecule has 3 N–H and O–H groups in total. The lowest BCUT2D eigenvalue weighted by Gasteiger charge is -2.14. The van der Waals surface area contributed by atoms with Crippen molar-refractivity contribution in [1.82, 2.24) is 4.90 Å². The van der Waals surface area contributed by atoms with E-state index >= 15 is 0 Å². The first-order chi connectivity index (χ1) is 13.8. The van der Waals surface area contributed by atoms with Gasteiger partial charge in [-0.2, -0.15) is 0 Å². The van der Waals surface area contributed by atoms with Gasteiger partial charge in [-0.1, -0.05) is 24.0 Å². The summed E-state index contributed by atoms with van der Waals surface area (Å²) in [4.78, 5) is 37.3. The van der Waals surface area contributed by atoms with Crippen molar-refractivity contribution in [2.24, 2.45) is 0 Å². The molecule has 0 radical (unpaired) electrons. The number of carbonyl (C=O) groups excluding carboxylic acids is 2. The van der Waals surface area contributed by atoms with Gasteiger partial charge in [-0.25, -0.2) is 4.79 Å². The number of benzene rings is 1. The highest BCUT2D eigenvalue weighted by Crippen LogP contribution is 2.32. The Morgan fingerprint density at radius 3 is 2.76 bits per heavy atom. The maximum absolute atomic E-state index is 12.5. The second-order valence-electron chi connectivity index (χ2n) is 6.04. The van der Waals surface area contributed by atoms with Gasteiger partial charge < -0.3 is 19.9 Å². The highest BCUT2D eigenvalue weighted by atomic mass is 32.2. The molecule has 0 atom stereocenters. The van der Waals surface area contributed by atoms with Crippen LogP contribution in [0.2, 0.25) is 0 Å². The lowest BCUT2D eigenvalue weighted by atomic mass is 10.2. The van der Waals surface area contributed by atoms with Gasteiger partial charge in [0, 0.05) is 30.8 Å². The molecule has 150 valence electrons. The molecule has 1 aliphatic rings. The lowest BCUT2D eigenvalue weighted by molar-refractivity contribution is -0.122. The Morgan fingerprint density at radius 1 is 1.31 bits per heavy atom. The first-order valence-electron chi connectivity index (χ1n) is 8.50. The Morgan fingerprint density at radius 2 is 2.10 bits per heavy atom. The molecule has 0 bridgehead atoms. The molecule has 1 fully saturated rings. The van der Waals surface area contributed by atoms with Crippen molar-refractivity contribution in [3.05, 3.63) is 52.8 Å². The largest absolute Gasteiger partial charge is 0.507 e. The number of hydrogen-bond acceptors (Lipinski definition) is 7. The second kappa shape index (κ2) is 8.93. The van der Waals surface area contributed by atoms with Gasteiger partial charge in [0.25, 0.3) is 5.91 Å². The van der Waals surface area contributed by atoms with Gasteiger partial charge >= 0.3 is 5.97 Å². The van der Waals surface area contributed by atoms with E-state index in [0.717, 1.165) is 0 Å². The van der Waals surface area contributed by atoms with Crippen molar-refractivity contribution in [3.63, 3.8) is 0 Å². The van der Waals surface area contributed by atoms with Crippen LogP contribution in [0.25, 0.3) is 6.08 Å². The first kappa shape index (κ1) is 20.6. The fourth-order valence-electron chi connectivity index (χ4n) is 2.61. The first-order valence-corrected chi connectivity index (χ1v) is 9.72. The van der Waals surface area contributed by atoms with Crippen LogP contribution in [-0.2, 0) is 9.59 Å². The minimum Gasteiger partial charge on any atom is -0.507 e. The summed E-state index contributed by atoms with van der Waals surface area (Å²) in [7, 11) is 0. The molecule has 0 saturated carbocycles. The number of aromatic hydroxyl groups is 1. The van der Waals surface area contributed by atoms with Gasteiger partial charge in [-0.3, -0.25) is 14.5 Å². The summed E-state index contributed by atoms with van der Waals surface area (Å²) in [5.74, 6) is -1.70. The Bertz CT molecular complexity index is 1000. The number of carboxylic acids is 1. The number of amides is 2. The van der Waals surface area contributed by atoms with E-state index in [1.54, 1.807) is 18.2 Å². The maximum atomic E-state index is 12.5. The van der Waals surface area contributed by atoms with E-state index in [1.807, 2.05) is 0 Å². The standard InChI is InChI=1S/C19H16N2O6S2/c22-14-9-11(5-6-13(14)18(25)26)20-16(23)4-1-7-21-17(24)15(29-19(21)28)10-12-3-2-8-27-12/h2-3,5-6,8-10,22H,1,4,7H2,(H,20,23)(H,25,26). The minimum absolute atomic E-state index is 0.121. The van der Waals surface area contributed by atoms with E-state index in [4.69, 9.17) is 21.7 Å². The number of carboxylic acid groups (broad SMARTS) is 1. The van der Waals surface area contributed by atoms with Gasteiger partial charge in [0.1, 0.15) is 21.4 Å². The Balaban J connectivity index is 1.51. The van der Waals surface area contributed by atoms with Crippen LogP contribution >= 0.6 is 24.0 Å². The molecule has 8 nitrogen and oxygen atoms in total. The highest BCUT2D eigenvalue weighted by molar-refractivity contribution is 8.26. The van der Waals surface area contributed by atoms with Crippen LogP contribution in [0, 0.1) is 0 Å². The zero-order valence-electron chi connectivity index (χ0n) is 15.0. The van der Waals surface area contributed by atoms with Crippen molar-refractivity contribution in [1.29, 1.82) is 0 Å². The molecule has 2 heterocycles. The third-order valence-electron chi connectivity index (χ3n) is 3.99. The van der Waals surface area contributed by atoms with Gasteiger partial charge in [0.15, 0.2) is 0 Å². The average molecular weight is 432 g/mol. The van der Waals surface area contributed by atoms with Crippen LogP contribution in [0.4, 0.5) is 5.69 Å². The van der Waals surface area contributed by atoms with Crippen LogP contribution in [0.3, 0.4) is 0 Å². The molecule has 3 rings (SSSR count). The molecule has 10 heteroatoms. The summed E-state index contributed by atoms with van der Waals surface area (Å²) in [6, 6.07) is 7.22. The van der Waals surface area contributed by atoms with Crippen LogP contribution in [0.15, 0.2) is 45.9 Å². The monoisotopic (exact) mass is 432 g/mol. The molecule has 1 aromatic heterocycles. The van der Waals surface area contributed by atoms with Gasteiger partial charge in [0.05, 0.1) is 11.2 Å². The minimum atomic E-state index is -1.26. The van der Waals surface area contributed by atoms with Crippen molar-refractivity contribution < 1.29 is 29.0 Å². The van der Waals surface area contributed by atoms with E-state index < -0.39 is 11.7 Å². The van der Waals surface area contributed by atoms with Crippen LogP contribution in [0.5, 0.6) is 5.75 Å². The molecule has 0 aliphatic carbocycles. The second-order valence-corrected chi connectivity index (χ2v) is 7.71. The molecule has 0 unspecified atom stereocenters. The third kappa shape index (κ3) is 5.04. The van der Waals surface area contributed by atoms with Gasteiger partial charge in [-0.05, 0) is 30.7 Å². The van der Waals surface area contributed by atoms with E-state index in [0.29, 0.717) is 21.4 Å². The van der Waals surface area contributed by atoms with Crippen molar-refractivity contribution in [2.45, 2.75) is 12.8 Å². The van der Waals surface area contributed by atoms with Crippen molar-refractivity contribution in [3.8, 4) is 5.75 Å². The number of rotatable bonds is 7.